The van der Waals surface area contributed by atoms with Crippen molar-refractivity contribution in [3.8, 4) is 5.75 Å². The van der Waals surface area contributed by atoms with Crippen LogP contribution in [0.5, 0.6) is 5.75 Å². The molecule has 1 amide bonds. The van der Waals surface area contributed by atoms with E-state index in [1.165, 1.54) is 0 Å². The highest BCUT2D eigenvalue weighted by atomic mass is 16.5. The summed E-state index contributed by atoms with van der Waals surface area (Å²) in [7, 11) is 0. The zero-order valence-corrected chi connectivity index (χ0v) is 12.6. The number of ether oxygens (including phenoxy) is 1. The van der Waals surface area contributed by atoms with Crippen LogP contribution in [0.1, 0.15) is 23.7 Å². The third-order valence-electron chi connectivity index (χ3n) is 3.40. The number of amides is 1. The lowest BCUT2D eigenvalue weighted by molar-refractivity contribution is -0.127. The smallest absolute Gasteiger partial charge is 0.261 e. The van der Waals surface area contributed by atoms with Gasteiger partial charge >= 0.3 is 0 Å². The van der Waals surface area contributed by atoms with Crippen molar-refractivity contribution in [2.45, 2.75) is 33.4 Å². The molecule has 1 N–H and O–H groups in total. The van der Waals surface area contributed by atoms with Crippen molar-refractivity contribution in [3.05, 3.63) is 59.4 Å². The first-order valence-electron chi connectivity index (χ1n) is 6.98. The van der Waals surface area contributed by atoms with Crippen LogP contribution in [-0.4, -0.2) is 17.0 Å². The monoisotopic (exact) mass is 284 g/mol. The van der Waals surface area contributed by atoms with Crippen LogP contribution in [0.15, 0.2) is 42.6 Å². The Balaban J connectivity index is 1.92. The Kier molecular flexibility index (Phi) is 4.93. The lowest BCUT2D eigenvalue weighted by Crippen LogP contribution is -2.36. The Labute approximate surface area is 125 Å². The molecule has 4 nitrogen and oxygen atoms in total. The van der Waals surface area contributed by atoms with Gasteiger partial charge in [0.1, 0.15) is 5.75 Å². The maximum atomic E-state index is 12.1. The number of aryl methyl sites for hydroxylation is 1. The molecule has 1 heterocycles. The molecule has 0 saturated carbocycles. The van der Waals surface area contributed by atoms with Gasteiger partial charge in [-0.15, -0.1) is 0 Å². The molecule has 0 bridgehead atoms. The number of carbonyl (C=O) groups is 1. The lowest BCUT2D eigenvalue weighted by atomic mass is 10.1. The summed E-state index contributed by atoms with van der Waals surface area (Å²) in [5.41, 5.74) is 3.03. The molecule has 2 aromatic rings. The Morgan fingerprint density at radius 3 is 2.76 bits per heavy atom. The highest BCUT2D eigenvalue weighted by Crippen LogP contribution is 2.21. The van der Waals surface area contributed by atoms with Gasteiger partial charge in [-0.3, -0.25) is 9.78 Å². The number of aromatic nitrogens is 1. The average Bonchev–Trinajstić information content (AvgIpc) is 2.50. The van der Waals surface area contributed by atoms with E-state index in [2.05, 4.69) is 10.3 Å². The zero-order valence-electron chi connectivity index (χ0n) is 12.6. The van der Waals surface area contributed by atoms with Crippen LogP contribution in [0.2, 0.25) is 0 Å². The number of carbonyl (C=O) groups excluding carboxylic acids is 1. The van der Waals surface area contributed by atoms with Crippen molar-refractivity contribution < 1.29 is 9.53 Å². The number of nitrogens with zero attached hydrogens (tertiary/aromatic N) is 1. The minimum absolute atomic E-state index is 0.151. The summed E-state index contributed by atoms with van der Waals surface area (Å²) >= 11 is 0. The third-order valence-corrected chi connectivity index (χ3v) is 3.40. The maximum absolute atomic E-state index is 12.1. The van der Waals surface area contributed by atoms with E-state index in [0.717, 1.165) is 22.6 Å². The molecule has 4 heteroatoms. The van der Waals surface area contributed by atoms with Gasteiger partial charge < -0.3 is 10.1 Å². The normalized spacial score (nSPS) is 11.8. The minimum atomic E-state index is -0.547. The van der Waals surface area contributed by atoms with Crippen LogP contribution >= 0.6 is 0 Å². The van der Waals surface area contributed by atoms with Crippen molar-refractivity contribution in [2.24, 2.45) is 0 Å². The Morgan fingerprint density at radius 2 is 2.05 bits per heavy atom. The maximum Gasteiger partial charge on any atom is 0.261 e. The Morgan fingerprint density at radius 1 is 1.24 bits per heavy atom. The van der Waals surface area contributed by atoms with Crippen molar-refractivity contribution in [2.75, 3.05) is 0 Å². The van der Waals surface area contributed by atoms with E-state index in [4.69, 9.17) is 4.74 Å². The topological polar surface area (TPSA) is 51.2 Å². The molecule has 0 unspecified atom stereocenters. The predicted molar refractivity (Wildman–Crippen MR) is 82.1 cm³/mol. The molecule has 1 aromatic carbocycles. The summed E-state index contributed by atoms with van der Waals surface area (Å²) in [5, 5.41) is 2.83. The quantitative estimate of drug-likeness (QED) is 0.918. The molecule has 0 aliphatic rings. The third kappa shape index (κ3) is 4.05. The van der Waals surface area contributed by atoms with Gasteiger partial charge in [-0.05, 0) is 50.1 Å². The molecule has 0 radical (unpaired) electrons. The second kappa shape index (κ2) is 6.88. The molecule has 0 spiro atoms. The SMILES string of the molecule is Cc1cccc(O[C@H](C)C(=O)NCc2ccccn2)c1C. The van der Waals surface area contributed by atoms with Crippen LogP contribution in [0.3, 0.4) is 0 Å². The standard InChI is InChI=1S/C17H20N2O2/c1-12-7-6-9-16(13(12)2)21-14(3)17(20)19-11-15-8-4-5-10-18-15/h4-10,14H,11H2,1-3H3,(H,19,20)/t14-/m1/s1. The Bertz CT molecular complexity index is 611. The number of hydrogen-bond donors (Lipinski definition) is 1. The number of nitrogens with one attached hydrogen (secondary N) is 1. The van der Waals surface area contributed by atoms with Gasteiger partial charge in [0.15, 0.2) is 6.10 Å². The van der Waals surface area contributed by atoms with Gasteiger partial charge in [0.2, 0.25) is 0 Å². The van der Waals surface area contributed by atoms with Gasteiger partial charge in [0, 0.05) is 6.20 Å². The molecular formula is C17H20N2O2. The van der Waals surface area contributed by atoms with E-state index >= 15 is 0 Å². The van der Waals surface area contributed by atoms with Gasteiger partial charge in [0.05, 0.1) is 12.2 Å². The molecule has 0 aliphatic carbocycles. The second-order valence-corrected chi connectivity index (χ2v) is 5.00. The highest BCUT2D eigenvalue weighted by Gasteiger charge is 2.15. The minimum Gasteiger partial charge on any atom is -0.481 e. The second-order valence-electron chi connectivity index (χ2n) is 5.00. The molecule has 1 atom stereocenters. The highest BCUT2D eigenvalue weighted by molar-refractivity contribution is 5.80. The summed E-state index contributed by atoms with van der Waals surface area (Å²) in [6.07, 6.45) is 1.16. The van der Waals surface area contributed by atoms with E-state index in [0.29, 0.717) is 6.54 Å². The summed E-state index contributed by atoms with van der Waals surface area (Å²) in [6, 6.07) is 11.4. The van der Waals surface area contributed by atoms with E-state index in [-0.39, 0.29) is 5.91 Å². The molecule has 1 aromatic heterocycles. The summed E-state index contributed by atoms with van der Waals surface area (Å²) in [6.45, 7) is 6.16. The fourth-order valence-electron chi connectivity index (χ4n) is 1.92. The van der Waals surface area contributed by atoms with E-state index < -0.39 is 6.10 Å². The van der Waals surface area contributed by atoms with Crippen molar-refractivity contribution >= 4 is 5.91 Å². The van der Waals surface area contributed by atoms with Crippen molar-refractivity contribution in [1.29, 1.82) is 0 Å². The summed E-state index contributed by atoms with van der Waals surface area (Å²) in [5.74, 6) is 0.594. The predicted octanol–water partition coefficient (Wildman–Crippen LogP) is 2.78. The van der Waals surface area contributed by atoms with Crippen LogP contribution in [0, 0.1) is 13.8 Å². The summed E-state index contributed by atoms with van der Waals surface area (Å²) in [4.78, 5) is 16.2. The van der Waals surface area contributed by atoms with Crippen molar-refractivity contribution in [3.63, 3.8) is 0 Å². The number of hydrogen-bond acceptors (Lipinski definition) is 3. The molecule has 110 valence electrons. The zero-order chi connectivity index (χ0) is 15.2. The lowest BCUT2D eigenvalue weighted by Gasteiger charge is -2.17. The van der Waals surface area contributed by atoms with Crippen LogP contribution in [-0.2, 0) is 11.3 Å². The van der Waals surface area contributed by atoms with Crippen LogP contribution < -0.4 is 10.1 Å². The molecule has 0 saturated heterocycles. The fraction of sp³-hybridized carbons (Fsp3) is 0.294. The fourth-order valence-corrected chi connectivity index (χ4v) is 1.92. The largest absolute Gasteiger partial charge is 0.481 e. The first kappa shape index (κ1) is 15.0. The van der Waals surface area contributed by atoms with Gasteiger partial charge in [-0.1, -0.05) is 18.2 Å². The van der Waals surface area contributed by atoms with Gasteiger partial charge in [-0.25, -0.2) is 0 Å². The number of rotatable bonds is 5. The van der Waals surface area contributed by atoms with E-state index in [9.17, 15) is 4.79 Å². The number of pyridine rings is 1. The van der Waals surface area contributed by atoms with E-state index in [1.807, 2.05) is 50.2 Å². The van der Waals surface area contributed by atoms with Crippen molar-refractivity contribution in [1.82, 2.24) is 10.3 Å². The molecule has 2 rings (SSSR count). The van der Waals surface area contributed by atoms with Crippen LogP contribution in [0.4, 0.5) is 0 Å². The molecule has 0 aliphatic heterocycles. The molecular weight excluding hydrogens is 264 g/mol. The first-order chi connectivity index (χ1) is 10.1. The average molecular weight is 284 g/mol. The summed E-state index contributed by atoms with van der Waals surface area (Å²) < 4.78 is 5.74. The van der Waals surface area contributed by atoms with E-state index in [1.54, 1.807) is 13.1 Å². The van der Waals surface area contributed by atoms with Crippen LogP contribution in [0.25, 0.3) is 0 Å². The number of benzene rings is 1. The Hall–Kier alpha value is -2.36. The van der Waals surface area contributed by atoms with Gasteiger partial charge in [0.25, 0.3) is 5.91 Å². The first-order valence-corrected chi connectivity index (χ1v) is 6.98. The molecule has 0 fully saturated rings. The molecule has 21 heavy (non-hydrogen) atoms. The van der Waals surface area contributed by atoms with Gasteiger partial charge in [-0.2, -0.15) is 0 Å².